The Balaban J connectivity index is 1.77. The molecule has 1 aliphatic carbocycles. The first-order valence-electron chi connectivity index (χ1n) is 13.0. The number of imidazole rings is 1. The third-order valence-electron chi connectivity index (χ3n) is 6.69. The zero-order valence-corrected chi connectivity index (χ0v) is 25.3. The van der Waals surface area contributed by atoms with Crippen LogP contribution in [0.1, 0.15) is 57.5 Å². The number of sulfonamides is 1. The summed E-state index contributed by atoms with van der Waals surface area (Å²) >= 11 is 6.66. The summed E-state index contributed by atoms with van der Waals surface area (Å²) in [6.45, 7) is 12.0. The number of hydrogen-bond acceptors (Lipinski definition) is 8. The molecule has 0 saturated heterocycles. The summed E-state index contributed by atoms with van der Waals surface area (Å²) in [5.41, 5.74) is 4.05. The molecule has 216 valence electrons. The van der Waals surface area contributed by atoms with Crippen LogP contribution in [0.25, 0.3) is 22.6 Å². The van der Waals surface area contributed by atoms with E-state index in [4.69, 9.17) is 21.6 Å². The Hall–Kier alpha value is -3.38. The minimum atomic E-state index is -3.51. The number of ether oxygens (including phenoxy) is 1. The van der Waals surface area contributed by atoms with Crippen LogP contribution in [0.3, 0.4) is 0 Å². The van der Waals surface area contributed by atoms with Gasteiger partial charge in [-0.3, -0.25) is 4.72 Å². The third-order valence-corrected chi connectivity index (χ3v) is 8.92. The van der Waals surface area contributed by atoms with Crippen molar-refractivity contribution in [2.75, 3.05) is 23.7 Å². The number of methoxy groups -OCH3 is 1. The highest BCUT2D eigenvalue weighted by atomic mass is 35.5. The normalized spacial score (nSPS) is 14.5. The standard InChI is InChI=1S/C27H36ClN7O4S/c1-14(31-26(36)39-7)13-30-25-29-11-10-20(32-25)23-22(33-24(34-23)27(4,5)6)18-12-19(28)16(3)21(15(18)2)35-40(37,38)17-8-9-17/h10-12,14,17,35H,8-9,13H2,1-7H3,(H,31,36)(H,33,34)(H,29,30,32)/t14-/m0/s1. The van der Waals surface area contributed by atoms with Gasteiger partial charge < -0.3 is 20.4 Å². The number of H-pyrrole nitrogens is 1. The largest absolute Gasteiger partial charge is 0.453 e. The Morgan fingerprint density at radius 1 is 1.23 bits per heavy atom. The smallest absolute Gasteiger partial charge is 0.407 e. The van der Waals surface area contributed by atoms with Crippen molar-refractivity contribution in [3.05, 3.63) is 40.3 Å². The third kappa shape index (κ3) is 6.49. The number of carbonyl (C=O) groups is 1. The van der Waals surface area contributed by atoms with Gasteiger partial charge in [0.25, 0.3) is 0 Å². The molecular formula is C27H36ClN7O4S. The molecular weight excluding hydrogens is 554 g/mol. The van der Waals surface area contributed by atoms with Gasteiger partial charge in [0, 0.05) is 34.8 Å². The van der Waals surface area contributed by atoms with Crippen LogP contribution in [0.5, 0.6) is 0 Å². The molecule has 0 spiro atoms. The first kappa shape index (κ1) is 29.6. The predicted molar refractivity (Wildman–Crippen MR) is 157 cm³/mol. The Labute approximate surface area is 240 Å². The summed E-state index contributed by atoms with van der Waals surface area (Å²) in [6.07, 6.45) is 2.42. The van der Waals surface area contributed by atoms with Gasteiger partial charge in [-0.1, -0.05) is 32.4 Å². The molecule has 0 aliphatic heterocycles. The molecule has 0 radical (unpaired) electrons. The second-order valence-electron chi connectivity index (χ2n) is 11.1. The van der Waals surface area contributed by atoms with Gasteiger partial charge >= 0.3 is 6.09 Å². The number of benzene rings is 1. The zero-order chi connectivity index (χ0) is 29.4. The van der Waals surface area contributed by atoms with Crippen molar-refractivity contribution in [1.82, 2.24) is 25.3 Å². The van der Waals surface area contributed by atoms with Gasteiger partial charge in [-0.2, -0.15) is 0 Å². The number of hydrogen-bond donors (Lipinski definition) is 4. The van der Waals surface area contributed by atoms with E-state index in [-0.39, 0.29) is 16.7 Å². The average Bonchev–Trinajstić information content (AvgIpc) is 3.66. The molecule has 13 heteroatoms. The van der Waals surface area contributed by atoms with Crippen molar-refractivity contribution < 1.29 is 17.9 Å². The number of amides is 1. The second kappa shape index (κ2) is 11.2. The lowest BCUT2D eigenvalue weighted by molar-refractivity contribution is 0.168. The fourth-order valence-electron chi connectivity index (χ4n) is 4.13. The van der Waals surface area contributed by atoms with E-state index >= 15 is 0 Å². The molecule has 1 aromatic carbocycles. The predicted octanol–water partition coefficient (Wildman–Crippen LogP) is 5.16. The van der Waals surface area contributed by atoms with Gasteiger partial charge in [0.05, 0.1) is 35.1 Å². The summed E-state index contributed by atoms with van der Waals surface area (Å²) in [5, 5.41) is 5.88. The van der Waals surface area contributed by atoms with Crippen molar-refractivity contribution in [3.63, 3.8) is 0 Å². The first-order chi connectivity index (χ1) is 18.7. The van der Waals surface area contributed by atoms with Crippen LogP contribution in [0.15, 0.2) is 18.3 Å². The fraction of sp³-hybridized carbons (Fsp3) is 0.481. The lowest BCUT2D eigenvalue weighted by Gasteiger charge is -2.18. The number of carbonyl (C=O) groups excluding carboxylic acids is 1. The molecule has 1 aliphatic rings. The van der Waals surface area contributed by atoms with Crippen LogP contribution in [0, 0.1) is 13.8 Å². The van der Waals surface area contributed by atoms with Crippen LogP contribution >= 0.6 is 11.6 Å². The highest BCUT2D eigenvalue weighted by molar-refractivity contribution is 7.93. The van der Waals surface area contributed by atoms with Gasteiger partial charge in [-0.25, -0.2) is 28.2 Å². The Kier molecular flexibility index (Phi) is 8.32. The molecule has 1 atom stereocenters. The molecule has 1 fully saturated rings. The molecule has 1 amide bonds. The van der Waals surface area contributed by atoms with Crippen LogP contribution in [-0.2, 0) is 20.2 Å². The molecule has 2 aromatic heterocycles. The highest BCUT2D eigenvalue weighted by Gasteiger charge is 2.36. The summed E-state index contributed by atoms with van der Waals surface area (Å²) in [4.78, 5) is 28.9. The van der Waals surface area contributed by atoms with Gasteiger partial charge in [-0.15, -0.1) is 0 Å². The maximum atomic E-state index is 12.8. The number of nitrogens with zero attached hydrogens (tertiary/aromatic N) is 3. The van der Waals surface area contributed by atoms with Crippen molar-refractivity contribution >= 4 is 39.4 Å². The molecule has 4 rings (SSSR count). The Morgan fingerprint density at radius 3 is 2.55 bits per heavy atom. The molecule has 0 unspecified atom stereocenters. The lowest BCUT2D eigenvalue weighted by Crippen LogP contribution is -2.37. The molecule has 1 saturated carbocycles. The second-order valence-corrected chi connectivity index (χ2v) is 13.5. The summed E-state index contributed by atoms with van der Waals surface area (Å²) in [7, 11) is -2.20. The number of rotatable bonds is 9. The van der Waals surface area contributed by atoms with E-state index in [0.29, 0.717) is 64.3 Å². The minimum Gasteiger partial charge on any atom is -0.453 e. The number of aromatic nitrogens is 4. The first-order valence-corrected chi connectivity index (χ1v) is 15.0. The van der Waals surface area contributed by atoms with Gasteiger partial charge in [-0.05, 0) is 56.9 Å². The summed E-state index contributed by atoms with van der Waals surface area (Å²) < 4.78 is 33.1. The van der Waals surface area contributed by atoms with Gasteiger partial charge in [0.1, 0.15) is 5.82 Å². The van der Waals surface area contributed by atoms with Crippen molar-refractivity contribution in [1.29, 1.82) is 0 Å². The Morgan fingerprint density at radius 2 is 1.93 bits per heavy atom. The quantitative estimate of drug-likeness (QED) is 0.267. The summed E-state index contributed by atoms with van der Waals surface area (Å²) in [5.74, 6) is 1.10. The SMILES string of the molecule is COC(=O)N[C@@H](C)CNc1nccc(-c2[nH]c(C(C)(C)C)nc2-c2cc(Cl)c(C)c(NS(=O)(=O)C3CC3)c2C)n1. The highest BCUT2D eigenvalue weighted by Crippen LogP contribution is 2.41. The molecule has 4 N–H and O–H groups in total. The number of anilines is 2. The van der Waals surface area contributed by atoms with E-state index in [1.54, 1.807) is 19.2 Å². The van der Waals surface area contributed by atoms with Gasteiger partial charge in [0.2, 0.25) is 16.0 Å². The van der Waals surface area contributed by atoms with E-state index in [2.05, 4.69) is 30.1 Å². The molecule has 2 heterocycles. The van der Waals surface area contributed by atoms with E-state index in [0.717, 1.165) is 11.4 Å². The molecule has 40 heavy (non-hydrogen) atoms. The topological polar surface area (TPSA) is 151 Å². The minimum absolute atomic E-state index is 0.231. The van der Waals surface area contributed by atoms with E-state index in [9.17, 15) is 13.2 Å². The van der Waals surface area contributed by atoms with Crippen molar-refractivity contribution in [3.8, 4) is 22.6 Å². The van der Waals surface area contributed by atoms with Gasteiger partial charge in [0.15, 0.2) is 0 Å². The molecule has 0 bridgehead atoms. The van der Waals surface area contributed by atoms with E-state index in [1.807, 2.05) is 40.7 Å². The number of halogens is 1. The van der Waals surface area contributed by atoms with E-state index < -0.39 is 16.1 Å². The van der Waals surface area contributed by atoms with Crippen molar-refractivity contribution in [2.24, 2.45) is 0 Å². The number of aromatic amines is 1. The summed E-state index contributed by atoms with van der Waals surface area (Å²) in [6, 6.07) is 3.35. The lowest BCUT2D eigenvalue weighted by atomic mass is 9.96. The molecule has 11 nitrogen and oxygen atoms in total. The van der Waals surface area contributed by atoms with Crippen molar-refractivity contribution in [2.45, 2.75) is 71.1 Å². The molecule has 3 aromatic rings. The van der Waals surface area contributed by atoms with Crippen LogP contribution < -0.4 is 15.4 Å². The van der Waals surface area contributed by atoms with Crippen LogP contribution in [0.4, 0.5) is 16.4 Å². The zero-order valence-electron chi connectivity index (χ0n) is 23.8. The number of alkyl carbamates (subject to hydrolysis) is 1. The van der Waals surface area contributed by atoms with Crippen LogP contribution in [0.2, 0.25) is 5.02 Å². The van der Waals surface area contributed by atoms with Crippen LogP contribution in [-0.4, -0.2) is 59.4 Å². The maximum absolute atomic E-state index is 12.8. The number of nitrogens with one attached hydrogen (secondary N) is 4. The Bertz CT molecular complexity index is 1530. The van der Waals surface area contributed by atoms with E-state index in [1.165, 1.54) is 7.11 Å². The monoisotopic (exact) mass is 589 g/mol. The average molecular weight is 590 g/mol. The fourth-order valence-corrected chi connectivity index (χ4v) is 5.85. The maximum Gasteiger partial charge on any atom is 0.407 e.